The molecule has 0 aromatic heterocycles. The van der Waals surface area contributed by atoms with Gasteiger partial charge in [0.2, 0.25) is 0 Å². The molecule has 0 aromatic rings. The lowest BCUT2D eigenvalue weighted by atomic mass is 10.0. The maximum absolute atomic E-state index is 12.6. The molecule has 1 atom stereocenters. The van der Waals surface area contributed by atoms with Crippen molar-refractivity contribution in [3.8, 4) is 0 Å². The van der Waals surface area contributed by atoms with Crippen LogP contribution in [0, 0.1) is 0 Å². The molecule has 3 nitrogen and oxygen atoms in total. The molecule has 0 amide bonds. The number of hydrogen-bond donors (Lipinski definition) is 1. The van der Waals surface area contributed by atoms with E-state index in [1.165, 1.54) is 0 Å². The van der Waals surface area contributed by atoms with E-state index in [4.69, 9.17) is 5.11 Å². The molecule has 84 valence electrons. The Morgan fingerprint density at radius 1 is 1.50 bits per heavy atom. The van der Waals surface area contributed by atoms with Gasteiger partial charge in [-0.1, -0.05) is 0 Å². The van der Waals surface area contributed by atoms with E-state index in [1.807, 2.05) is 0 Å². The number of aliphatic hydroxyl groups excluding tert-OH is 1. The van der Waals surface area contributed by atoms with Gasteiger partial charge in [-0.3, -0.25) is 4.90 Å². The van der Waals surface area contributed by atoms with Crippen LogP contribution in [0.1, 0.15) is 6.42 Å². The van der Waals surface area contributed by atoms with E-state index in [9.17, 15) is 13.2 Å². The van der Waals surface area contributed by atoms with Crippen molar-refractivity contribution in [2.75, 3.05) is 33.4 Å². The second kappa shape index (κ2) is 4.04. The Bertz CT molecular complexity index is 198. The van der Waals surface area contributed by atoms with E-state index in [1.54, 1.807) is 4.90 Å². The van der Waals surface area contributed by atoms with Crippen molar-refractivity contribution in [3.63, 3.8) is 0 Å². The second-order valence-corrected chi connectivity index (χ2v) is 3.45. The summed E-state index contributed by atoms with van der Waals surface area (Å²) >= 11 is 0. The van der Waals surface area contributed by atoms with Crippen molar-refractivity contribution in [3.05, 3.63) is 0 Å². The highest BCUT2D eigenvalue weighted by molar-refractivity contribution is 4.97. The number of hydrogen-bond acceptors (Lipinski definition) is 3. The van der Waals surface area contributed by atoms with Crippen molar-refractivity contribution in [2.45, 2.75) is 18.2 Å². The van der Waals surface area contributed by atoms with Gasteiger partial charge >= 0.3 is 6.18 Å². The van der Waals surface area contributed by atoms with Gasteiger partial charge in [0.05, 0.1) is 6.61 Å². The van der Waals surface area contributed by atoms with E-state index in [-0.39, 0.29) is 26.1 Å². The smallest absolute Gasteiger partial charge is 0.395 e. The van der Waals surface area contributed by atoms with Crippen LogP contribution in [0.25, 0.3) is 0 Å². The third-order valence-electron chi connectivity index (χ3n) is 2.63. The molecule has 1 aliphatic rings. The van der Waals surface area contributed by atoms with Gasteiger partial charge in [-0.2, -0.15) is 13.2 Å². The molecule has 14 heavy (non-hydrogen) atoms. The van der Waals surface area contributed by atoms with Gasteiger partial charge in [-0.15, -0.1) is 0 Å². The highest BCUT2D eigenvalue weighted by Gasteiger charge is 2.58. The Balaban J connectivity index is 2.66. The number of halogens is 3. The molecule has 1 N–H and O–H groups in total. The predicted octanol–water partition coefficient (Wildman–Crippen LogP) is 0.632. The highest BCUT2D eigenvalue weighted by atomic mass is 19.4. The Morgan fingerprint density at radius 3 is 2.50 bits per heavy atom. The SMILES string of the molecule is COC1(C(F)(F)F)CCN(CCO)C1. The lowest BCUT2D eigenvalue weighted by Crippen LogP contribution is -2.49. The second-order valence-electron chi connectivity index (χ2n) is 3.45. The van der Waals surface area contributed by atoms with Crippen LogP contribution in [0.3, 0.4) is 0 Å². The van der Waals surface area contributed by atoms with E-state index in [2.05, 4.69) is 4.74 Å². The normalized spacial score (nSPS) is 29.8. The number of methoxy groups -OCH3 is 1. The first kappa shape index (κ1) is 11.7. The number of ether oxygens (including phenoxy) is 1. The van der Waals surface area contributed by atoms with Crippen LogP contribution >= 0.6 is 0 Å². The monoisotopic (exact) mass is 213 g/mol. The first-order valence-electron chi connectivity index (χ1n) is 4.40. The average molecular weight is 213 g/mol. The molecule has 1 rings (SSSR count). The largest absolute Gasteiger partial charge is 0.418 e. The van der Waals surface area contributed by atoms with Crippen LogP contribution < -0.4 is 0 Å². The molecule has 1 heterocycles. The van der Waals surface area contributed by atoms with Crippen molar-refractivity contribution in [2.24, 2.45) is 0 Å². The third kappa shape index (κ3) is 2.02. The first-order chi connectivity index (χ1) is 6.45. The summed E-state index contributed by atoms with van der Waals surface area (Å²) in [7, 11) is 1.08. The predicted molar refractivity (Wildman–Crippen MR) is 43.9 cm³/mol. The Labute approximate surface area is 80.5 Å². The van der Waals surface area contributed by atoms with Crippen molar-refractivity contribution in [1.29, 1.82) is 0 Å². The fourth-order valence-electron chi connectivity index (χ4n) is 1.70. The summed E-state index contributed by atoms with van der Waals surface area (Å²) in [6.07, 6.45) is -4.40. The zero-order chi connectivity index (χ0) is 10.8. The maximum atomic E-state index is 12.6. The van der Waals surface area contributed by atoms with E-state index in [0.717, 1.165) is 7.11 Å². The van der Waals surface area contributed by atoms with Crippen LogP contribution in [0.5, 0.6) is 0 Å². The zero-order valence-corrected chi connectivity index (χ0v) is 7.97. The molecule has 0 aliphatic carbocycles. The molecular formula is C8H14F3NO2. The number of aliphatic hydroxyl groups is 1. The van der Waals surface area contributed by atoms with Gasteiger partial charge in [0.1, 0.15) is 0 Å². The van der Waals surface area contributed by atoms with Gasteiger partial charge in [0.25, 0.3) is 0 Å². The van der Waals surface area contributed by atoms with E-state index in [0.29, 0.717) is 6.54 Å². The van der Waals surface area contributed by atoms with Crippen LogP contribution in [0.15, 0.2) is 0 Å². The molecule has 0 saturated carbocycles. The van der Waals surface area contributed by atoms with E-state index >= 15 is 0 Å². The summed E-state index contributed by atoms with van der Waals surface area (Å²) in [4.78, 5) is 1.55. The summed E-state index contributed by atoms with van der Waals surface area (Å²) in [6, 6.07) is 0. The lowest BCUT2D eigenvalue weighted by Gasteiger charge is -2.30. The zero-order valence-electron chi connectivity index (χ0n) is 7.97. The molecule has 0 spiro atoms. The molecule has 0 bridgehead atoms. The Morgan fingerprint density at radius 2 is 2.14 bits per heavy atom. The van der Waals surface area contributed by atoms with Gasteiger partial charge in [-0.25, -0.2) is 0 Å². The summed E-state index contributed by atoms with van der Waals surface area (Å²) in [5, 5.41) is 8.61. The summed E-state index contributed by atoms with van der Waals surface area (Å²) in [5.74, 6) is 0. The standard InChI is InChI=1S/C8H14F3NO2/c1-14-7(8(9,10)11)2-3-12(6-7)4-5-13/h13H,2-6H2,1H3. The number of alkyl halides is 3. The van der Waals surface area contributed by atoms with Crippen LogP contribution in [0.2, 0.25) is 0 Å². The van der Waals surface area contributed by atoms with Crippen LogP contribution in [-0.4, -0.2) is 55.1 Å². The summed E-state index contributed by atoms with van der Waals surface area (Å²) in [5.41, 5.74) is -2.04. The molecular weight excluding hydrogens is 199 g/mol. The number of rotatable bonds is 3. The lowest BCUT2D eigenvalue weighted by molar-refractivity contribution is -0.263. The Hall–Kier alpha value is -0.330. The minimum Gasteiger partial charge on any atom is -0.395 e. The van der Waals surface area contributed by atoms with Gasteiger partial charge in [-0.05, 0) is 6.42 Å². The first-order valence-corrected chi connectivity index (χ1v) is 4.40. The highest BCUT2D eigenvalue weighted by Crippen LogP contribution is 2.40. The van der Waals surface area contributed by atoms with Gasteiger partial charge in [0.15, 0.2) is 5.60 Å². The molecule has 1 fully saturated rings. The molecule has 1 aliphatic heterocycles. The van der Waals surface area contributed by atoms with Crippen molar-refractivity contribution < 1.29 is 23.0 Å². The van der Waals surface area contributed by atoms with Crippen LogP contribution in [-0.2, 0) is 4.74 Å². The van der Waals surface area contributed by atoms with Gasteiger partial charge < -0.3 is 9.84 Å². The van der Waals surface area contributed by atoms with E-state index < -0.39 is 11.8 Å². The quantitative estimate of drug-likeness (QED) is 0.746. The molecule has 1 saturated heterocycles. The molecule has 1 unspecified atom stereocenters. The minimum absolute atomic E-state index is 0.0625. The van der Waals surface area contributed by atoms with Crippen molar-refractivity contribution in [1.82, 2.24) is 4.90 Å². The fourth-order valence-corrected chi connectivity index (χ4v) is 1.70. The molecule has 6 heteroatoms. The third-order valence-corrected chi connectivity index (χ3v) is 2.63. The summed E-state index contributed by atoms with van der Waals surface area (Å²) in [6.45, 7) is 0.264. The van der Waals surface area contributed by atoms with Gasteiger partial charge in [0, 0.05) is 26.7 Å². The topological polar surface area (TPSA) is 32.7 Å². The Kier molecular flexibility index (Phi) is 3.39. The van der Waals surface area contributed by atoms with Crippen molar-refractivity contribution >= 4 is 0 Å². The molecule has 0 radical (unpaired) electrons. The number of nitrogens with zero attached hydrogens (tertiary/aromatic N) is 1. The molecule has 0 aromatic carbocycles. The number of likely N-dealkylation sites (tertiary alicyclic amines) is 1. The minimum atomic E-state index is -4.34. The maximum Gasteiger partial charge on any atom is 0.418 e. The van der Waals surface area contributed by atoms with Crippen LogP contribution in [0.4, 0.5) is 13.2 Å². The fraction of sp³-hybridized carbons (Fsp3) is 1.00. The number of β-amino-alcohol motifs (C(OH)–C–C–N with tert-alkyl or cyclic N) is 1. The summed E-state index contributed by atoms with van der Waals surface area (Å²) < 4.78 is 42.4. The average Bonchev–Trinajstić information content (AvgIpc) is 2.49.